The Morgan fingerprint density at radius 2 is 1.90 bits per heavy atom. The largest absolute Gasteiger partial charge is 0.486 e. The van der Waals surface area contributed by atoms with E-state index < -0.39 is 0 Å². The molecule has 0 amide bonds. The monoisotopic (exact) mass is 343 g/mol. The second kappa shape index (κ2) is 8.04. The summed E-state index contributed by atoms with van der Waals surface area (Å²) in [4.78, 5) is 2.49. The lowest BCUT2D eigenvalue weighted by atomic mass is 10.2. The van der Waals surface area contributed by atoms with Crippen molar-refractivity contribution < 1.29 is 4.74 Å². The Balaban J connectivity index is 1.86. The van der Waals surface area contributed by atoms with E-state index in [1.54, 1.807) is 29.5 Å². The molecular weight excluding hydrogens is 325 g/mol. The Morgan fingerprint density at radius 1 is 1.14 bits per heavy atom. The predicted octanol–water partition coefficient (Wildman–Crippen LogP) is 5.38. The van der Waals surface area contributed by atoms with Gasteiger partial charge in [-0.2, -0.15) is 0 Å². The zero-order valence-corrected chi connectivity index (χ0v) is 14.5. The molecule has 1 aromatic carbocycles. The van der Waals surface area contributed by atoms with Crippen LogP contribution in [0.3, 0.4) is 0 Å². The van der Waals surface area contributed by atoms with Crippen LogP contribution in [0.15, 0.2) is 30.3 Å². The van der Waals surface area contributed by atoms with Crippen molar-refractivity contribution in [2.45, 2.75) is 27.0 Å². The van der Waals surface area contributed by atoms with Gasteiger partial charge < -0.3 is 10.1 Å². The van der Waals surface area contributed by atoms with Crippen LogP contribution in [0.1, 0.15) is 23.6 Å². The van der Waals surface area contributed by atoms with Gasteiger partial charge in [-0.25, -0.2) is 0 Å². The number of ether oxygens (including phenoxy) is 1. The number of rotatable bonds is 7. The Morgan fingerprint density at radius 3 is 2.67 bits per heavy atom. The molecule has 0 aliphatic rings. The first kappa shape index (κ1) is 16.6. The highest BCUT2D eigenvalue weighted by Gasteiger charge is 2.05. The zero-order valence-electron chi connectivity index (χ0n) is 12.2. The third-order valence-electron chi connectivity index (χ3n) is 2.83. The van der Waals surface area contributed by atoms with Crippen LogP contribution >= 0.6 is 34.5 Å². The smallest absolute Gasteiger partial charge is 0.139 e. The number of thiophene rings is 1. The first-order valence-electron chi connectivity index (χ1n) is 6.90. The van der Waals surface area contributed by atoms with Gasteiger partial charge in [-0.3, -0.25) is 0 Å². The van der Waals surface area contributed by atoms with Crippen LogP contribution in [-0.4, -0.2) is 6.54 Å². The second-order valence-corrected chi connectivity index (χ2v) is 7.35. The third-order valence-corrected chi connectivity index (χ3v) is 4.44. The molecule has 114 valence electrons. The summed E-state index contributed by atoms with van der Waals surface area (Å²) in [6.07, 6.45) is 0. The fraction of sp³-hybridized carbons (Fsp3) is 0.375. The van der Waals surface area contributed by atoms with E-state index in [0.717, 1.165) is 13.1 Å². The van der Waals surface area contributed by atoms with E-state index in [-0.39, 0.29) is 0 Å². The lowest BCUT2D eigenvalue weighted by Gasteiger charge is -2.07. The molecule has 2 rings (SSSR count). The van der Waals surface area contributed by atoms with Crippen molar-refractivity contribution in [1.29, 1.82) is 0 Å². The molecule has 0 bridgehead atoms. The fourth-order valence-electron chi connectivity index (χ4n) is 1.82. The molecule has 1 N–H and O–H groups in total. The van der Waals surface area contributed by atoms with E-state index >= 15 is 0 Å². The van der Waals surface area contributed by atoms with Crippen LogP contribution < -0.4 is 10.1 Å². The molecule has 0 aliphatic heterocycles. The standard InChI is InChI=1S/C16H19Cl2NOS/c1-11(2)8-19-9-13-4-5-14(21-13)10-20-16-7-12(17)3-6-15(16)18/h3-7,11,19H,8-10H2,1-2H3. The van der Waals surface area contributed by atoms with Gasteiger partial charge in [-0.05, 0) is 36.7 Å². The third kappa shape index (κ3) is 5.51. The summed E-state index contributed by atoms with van der Waals surface area (Å²) in [7, 11) is 0. The normalized spacial score (nSPS) is 11.1. The number of benzene rings is 1. The van der Waals surface area contributed by atoms with Crippen molar-refractivity contribution in [1.82, 2.24) is 5.32 Å². The minimum absolute atomic E-state index is 0.509. The molecule has 0 radical (unpaired) electrons. The fourth-order valence-corrected chi connectivity index (χ4v) is 3.05. The molecule has 2 nitrogen and oxygen atoms in total. The molecule has 0 unspecified atom stereocenters. The maximum atomic E-state index is 6.08. The molecule has 1 heterocycles. The van der Waals surface area contributed by atoms with Gasteiger partial charge in [0.2, 0.25) is 0 Å². The van der Waals surface area contributed by atoms with Crippen LogP contribution in [0.4, 0.5) is 0 Å². The number of halogens is 2. The summed E-state index contributed by atoms with van der Waals surface area (Å²) in [6.45, 7) is 6.85. The van der Waals surface area contributed by atoms with E-state index in [1.165, 1.54) is 9.75 Å². The van der Waals surface area contributed by atoms with E-state index in [9.17, 15) is 0 Å². The summed E-state index contributed by atoms with van der Waals surface area (Å²) in [5, 5.41) is 4.64. The van der Waals surface area contributed by atoms with Crippen molar-refractivity contribution in [2.24, 2.45) is 5.92 Å². The minimum Gasteiger partial charge on any atom is -0.486 e. The highest BCUT2D eigenvalue weighted by molar-refractivity contribution is 7.11. The molecule has 0 saturated heterocycles. The zero-order chi connectivity index (χ0) is 15.2. The lowest BCUT2D eigenvalue weighted by molar-refractivity contribution is 0.310. The lowest BCUT2D eigenvalue weighted by Crippen LogP contribution is -2.18. The topological polar surface area (TPSA) is 21.3 Å². The van der Waals surface area contributed by atoms with Gasteiger partial charge in [0, 0.05) is 27.4 Å². The molecule has 0 spiro atoms. The summed E-state index contributed by atoms with van der Waals surface area (Å²) in [5.74, 6) is 1.29. The Kier molecular flexibility index (Phi) is 6.37. The van der Waals surface area contributed by atoms with E-state index in [0.29, 0.717) is 28.3 Å². The van der Waals surface area contributed by atoms with Crippen molar-refractivity contribution in [3.8, 4) is 5.75 Å². The highest BCUT2D eigenvalue weighted by Crippen LogP contribution is 2.29. The maximum absolute atomic E-state index is 6.08. The first-order valence-corrected chi connectivity index (χ1v) is 8.48. The van der Waals surface area contributed by atoms with Crippen LogP contribution in [0, 0.1) is 5.92 Å². The SMILES string of the molecule is CC(C)CNCc1ccc(COc2cc(Cl)ccc2Cl)s1. The van der Waals surface area contributed by atoms with E-state index in [2.05, 4.69) is 31.3 Å². The van der Waals surface area contributed by atoms with Crippen LogP contribution in [0.25, 0.3) is 0 Å². The molecule has 0 saturated carbocycles. The van der Waals surface area contributed by atoms with Crippen molar-refractivity contribution in [3.05, 3.63) is 50.1 Å². The van der Waals surface area contributed by atoms with E-state index in [1.807, 2.05) is 0 Å². The van der Waals surface area contributed by atoms with Gasteiger partial charge in [0.25, 0.3) is 0 Å². The number of hydrogen-bond donors (Lipinski definition) is 1. The summed E-state index contributed by atoms with van der Waals surface area (Å²) < 4.78 is 5.73. The average Bonchev–Trinajstić information content (AvgIpc) is 2.87. The highest BCUT2D eigenvalue weighted by atomic mass is 35.5. The molecular formula is C16H19Cl2NOS. The maximum Gasteiger partial charge on any atom is 0.139 e. The Hall–Kier alpha value is -0.740. The number of hydrogen-bond acceptors (Lipinski definition) is 3. The van der Waals surface area contributed by atoms with Crippen molar-refractivity contribution >= 4 is 34.5 Å². The van der Waals surface area contributed by atoms with Gasteiger partial charge >= 0.3 is 0 Å². The first-order chi connectivity index (χ1) is 10.0. The summed E-state index contributed by atoms with van der Waals surface area (Å²) in [5.41, 5.74) is 0. The Labute approximate surface area is 140 Å². The van der Waals surface area contributed by atoms with Gasteiger partial charge in [-0.15, -0.1) is 11.3 Å². The minimum atomic E-state index is 0.509. The predicted molar refractivity (Wildman–Crippen MR) is 91.7 cm³/mol. The van der Waals surface area contributed by atoms with Crippen molar-refractivity contribution in [2.75, 3.05) is 6.54 Å². The summed E-state index contributed by atoms with van der Waals surface area (Å²) in [6, 6.07) is 9.46. The average molecular weight is 344 g/mol. The molecule has 2 aromatic rings. The second-order valence-electron chi connectivity index (χ2n) is 5.26. The quantitative estimate of drug-likeness (QED) is 0.728. The summed E-state index contributed by atoms with van der Waals surface area (Å²) >= 11 is 13.8. The van der Waals surface area contributed by atoms with Crippen LogP contribution in [0.5, 0.6) is 5.75 Å². The molecule has 1 aromatic heterocycles. The van der Waals surface area contributed by atoms with Gasteiger partial charge in [0.05, 0.1) is 5.02 Å². The number of nitrogens with one attached hydrogen (secondary N) is 1. The van der Waals surface area contributed by atoms with Gasteiger partial charge in [0.15, 0.2) is 0 Å². The molecule has 0 atom stereocenters. The van der Waals surface area contributed by atoms with E-state index in [4.69, 9.17) is 27.9 Å². The van der Waals surface area contributed by atoms with Gasteiger partial charge in [0.1, 0.15) is 12.4 Å². The van der Waals surface area contributed by atoms with Crippen LogP contribution in [0.2, 0.25) is 10.0 Å². The molecule has 0 aliphatic carbocycles. The van der Waals surface area contributed by atoms with Gasteiger partial charge in [-0.1, -0.05) is 37.0 Å². The van der Waals surface area contributed by atoms with Crippen LogP contribution in [-0.2, 0) is 13.2 Å². The Bertz CT molecular complexity index is 583. The molecule has 0 fully saturated rings. The van der Waals surface area contributed by atoms with Crippen molar-refractivity contribution in [3.63, 3.8) is 0 Å². The molecule has 5 heteroatoms. The molecule has 21 heavy (non-hydrogen) atoms.